The summed E-state index contributed by atoms with van der Waals surface area (Å²) in [5.41, 5.74) is 5.57. The van der Waals surface area contributed by atoms with E-state index in [9.17, 15) is 14.4 Å². The van der Waals surface area contributed by atoms with E-state index in [4.69, 9.17) is 5.73 Å². The summed E-state index contributed by atoms with van der Waals surface area (Å²) in [7, 11) is 4.24. The largest absolute Gasteiger partial charge is 0.464 e. The SMILES string of the molecule is COC(=O)c1cc(C(=O)Nc2cnn(C)c2C(N)=O)n(C)n1. The van der Waals surface area contributed by atoms with Gasteiger partial charge in [0, 0.05) is 20.2 Å². The Labute approximate surface area is 124 Å². The van der Waals surface area contributed by atoms with Gasteiger partial charge in [-0.05, 0) is 0 Å². The standard InChI is InChI=1S/C12H14N6O4/c1-17-8(4-6(16-17)12(21)22-3)11(20)15-7-5-14-18(2)9(7)10(13)19/h4-5H,1-3H3,(H2,13,19)(H,15,20). The summed E-state index contributed by atoms with van der Waals surface area (Å²) < 4.78 is 7.01. The second-order valence-corrected chi connectivity index (χ2v) is 4.38. The molecule has 0 aliphatic heterocycles. The maximum atomic E-state index is 12.2. The maximum absolute atomic E-state index is 12.2. The number of nitrogens with one attached hydrogen (secondary N) is 1. The predicted octanol–water partition coefficient (Wildman–Crippen LogP) is -0.709. The van der Waals surface area contributed by atoms with Crippen molar-refractivity contribution in [3.63, 3.8) is 0 Å². The van der Waals surface area contributed by atoms with Crippen molar-refractivity contribution in [1.29, 1.82) is 0 Å². The van der Waals surface area contributed by atoms with Crippen molar-refractivity contribution < 1.29 is 19.1 Å². The number of esters is 1. The Bertz CT molecular complexity index is 760. The first kappa shape index (κ1) is 15.2. The van der Waals surface area contributed by atoms with Crippen LogP contribution in [0.4, 0.5) is 5.69 Å². The van der Waals surface area contributed by atoms with Crippen LogP contribution in [-0.2, 0) is 18.8 Å². The molecule has 0 saturated carbocycles. The van der Waals surface area contributed by atoms with Crippen LogP contribution < -0.4 is 11.1 Å². The number of rotatable bonds is 4. The summed E-state index contributed by atoms with van der Waals surface area (Å²) in [6, 6.07) is 1.28. The quantitative estimate of drug-likeness (QED) is 0.717. The van der Waals surface area contributed by atoms with Gasteiger partial charge in [-0.25, -0.2) is 4.79 Å². The Balaban J connectivity index is 2.29. The average Bonchev–Trinajstić information content (AvgIpc) is 3.01. The van der Waals surface area contributed by atoms with E-state index in [1.807, 2.05) is 0 Å². The minimum absolute atomic E-state index is 0.00328. The molecular weight excluding hydrogens is 292 g/mol. The molecule has 10 heteroatoms. The third-order valence-electron chi connectivity index (χ3n) is 2.93. The molecule has 0 saturated heterocycles. The van der Waals surface area contributed by atoms with E-state index in [1.165, 1.54) is 42.8 Å². The number of hydrogen-bond donors (Lipinski definition) is 2. The van der Waals surface area contributed by atoms with Gasteiger partial charge in [0.2, 0.25) is 0 Å². The molecule has 0 atom stereocenters. The van der Waals surface area contributed by atoms with Crippen molar-refractivity contribution in [2.45, 2.75) is 0 Å². The van der Waals surface area contributed by atoms with Crippen LogP contribution in [-0.4, -0.2) is 44.5 Å². The number of aromatic nitrogens is 4. The Morgan fingerprint density at radius 3 is 2.55 bits per heavy atom. The Morgan fingerprint density at radius 2 is 1.95 bits per heavy atom. The zero-order valence-corrected chi connectivity index (χ0v) is 12.2. The average molecular weight is 306 g/mol. The predicted molar refractivity (Wildman–Crippen MR) is 74.2 cm³/mol. The van der Waals surface area contributed by atoms with Crippen LogP contribution in [0.5, 0.6) is 0 Å². The summed E-state index contributed by atoms with van der Waals surface area (Å²) in [5, 5.41) is 10.2. The van der Waals surface area contributed by atoms with E-state index < -0.39 is 17.8 Å². The lowest BCUT2D eigenvalue weighted by Crippen LogP contribution is -2.21. The smallest absolute Gasteiger partial charge is 0.358 e. The molecule has 22 heavy (non-hydrogen) atoms. The van der Waals surface area contributed by atoms with Crippen LogP contribution in [0.3, 0.4) is 0 Å². The van der Waals surface area contributed by atoms with Gasteiger partial charge in [0.1, 0.15) is 11.4 Å². The Hall–Kier alpha value is -3.17. The highest BCUT2D eigenvalue weighted by Gasteiger charge is 2.21. The highest BCUT2D eigenvalue weighted by Crippen LogP contribution is 2.15. The van der Waals surface area contributed by atoms with Crippen molar-refractivity contribution in [2.24, 2.45) is 19.8 Å². The molecule has 2 aromatic heterocycles. The first-order valence-electron chi connectivity index (χ1n) is 6.10. The summed E-state index contributed by atoms with van der Waals surface area (Å²) in [4.78, 5) is 35.0. The summed E-state index contributed by atoms with van der Waals surface area (Å²) in [5.74, 6) is -1.95. The number of methoxy groups -OCH3 is 1. The zero-order chi connectivity index (χ0) is 16.4. The lowest BCUT2D eigenvalue weighted by molar-refractivity contribution is 0.0593. The van der Waals surface area contributed by atoms with Crippen molar-refractivity contribution in [3.05, 3.63) is 29.3 Å². The molecule has 0 aliphatic carbocycles. The van der Waals surface area contributed by atoms with Gasteiger partial charge in [-0.15, -0.1) is 0 Å². The van der Waals surface area contributed by atoms with Crippen LogP contribution in [0.2, 0.25) is 0 Å². The third-order valence-corrected chi connectivity index (χ3v) is 2.93. The lowest BCUT2D eigenvalue weighted by atomic mass is 10.3. The molecule has 0 aliphatic rings. The van der Waals surface area contributed by atoms with Gasteiger partial charge in [-0.3, -0.25) is 19.0 Å². The van der Waals surface area contributed by atoms with E-state index in [-0.39, 0.29) is 22.8 Å². The highest BCUT2D eigenvalue weighted by atomic mass is 16.5. The molecule has 2 amide bonds. The number of amides is 2. The molecule has 10 nitrogen and oxygen atoms in total. The molecule has 0 radical (unpaired) electrons. The Morgan fingerprint density at radius 1 is 1.27 bits per heavy atom. The molecule has 2 aromatic rings. The molecule has 0 spiro atoms. The van der Waals surface area contributed by atoms with E-state index in [1.54, 1.807) is 0 Å². The summed E-state index contributed by atoms with van der Waals surface area (Å²) in [6.07, 6.45) is 1.30. The van der Waals surface area contributed by atoms with Crippen LogP contribution >= 0.6 is 0 Å². The molecule has 0 fully saturated rings. The van der Waals surface area contributed by atoms with Crippen molar-refractivity contribution >= 4 is 23.5 Å². The molecule has 0 aromatic carbocycles. The van der Waals surface area contributed by atoms with Crippen molar-refractivity contribution in [2.75, 3.05) is 12.4 Å². The number of ether oxygens (including phenoxy) is 1. The number of hydrogen-bond acceptors (Lipinski definition) is 6. The fourth-order valence-corrected chi connectivity index (χ4v) is 1.89. The van der Waals surface area contributed by atoms with Gasteiger partial charge < -0.3 is 15.8 Å². The van der Waals surface area contributed by atoms with E-state index in [0.29, 0.717) is 0 Å². The van der Waals surface area contributed by atoms with E-state index >= 15 is 0 Å². The molecule has 2 rings (SSSR count). The minimum atomic E-state index is -0.726. The molecule has 3 N–H and O–H groups in total. The summed E-state index contributed by atoms with van der Waals surface area (Å²) in [6.45, 7) is 0. The molecule has 0 unspecified atom stereocenters. The number of nitrogens with zero attached hydrogens (tertiary/aromatic N) is 4. The number of aryl methyl sites for hydroxylation is 2. The second kappa shape index (κ2) is 5.68. The van der Waals surface area contributed by atoms with Gasteiger partial charge >= 0.3 is 5.97 Å². The Kier molecular flexibility index (Phi) is 3.93. The molecule has 0 bridgehead atoms. The van der Waals surface area contributed by atoms with Crippen LogP contribution in [0, 0.1) is 0 Å². The number of carbonyl (C=O) groups excluding carboxylic acids is 3. The zero-order valence-electron chi connectivity index (χ0n) is 12.2. The van der Waals surface area contributed by atoms with Crippen molar-refractivity contribution in [1.82, 2.24) is 19.6 Å². The minimum Gasteiger partial charge on any atom is -0.464 e. The van der Waals surface area contributed by atoms with Gasteiger partial charge in [0.15, 0.2) is 5.69 Å². The summed E-state index contributed by atoms with van der Waals surface area (Å²) >= 11 is 0. The van der Waals surface area contributed by atoms with E-state index in [0.717, 1.165) is 0 Å². The maximum Gasteiger partial charge on any atom is 0.358 e. The molecule has 2 heterocycles. The van der Waals surface area contributed by atoms with Gasteiger partial charge in [0.25, 0.3) is 11.8 Å². The number of primary amides is 1. The monoisotopic (exact) mass is 306 g/mol. The lowest BCUT2D eigenvalue weighted by Gasteiger charge is -2.05. The number of anilines is 1. The number of carbonyl (C=O) groups is 3. The van der Waals surface area contributed by atoms with Crippen LogP contribution in [0.15, 0.2) is 12.3 Å². The third kappa shape index (κ3) is 2.66. The second-order valence-electron chi connectivity index (χ2n) is 4.38. The van der Waals surface area contributed by atoms with Crippen LogP contribution in [0.1, 0.15) is 31.5 Å². The molecular formula is C12H14N6O4. The fourth-order valence-electron chi connectivity index (χ4n) is 1.89. The highest BCUT2D eigenvalue weighted by molar-refractivity contribution is 6.08. The van der Waals surface area contributed by atoms with Gasteiger partial charge in [0.05, 0.1) is 19.0 Å². The van der Waals surface area contributed by atoms with Crippen LogP contribution in [0.25, 0.3) is 0 Å². The van der Waals surface area contributed by atoms with Gasteiger partial charge in [-0.1, -0.05) is 0 Å². The normalized spacial score (nSPS) is 10.3. The molecule has 116 valence electrons. The first-order chi connectivity index (χ1) is 10.3. The topological polar surface area (TPSA) is 134 Å². The van der Waals surface area contributed by atoms with Crippen molar-refractivity contribution in [3.8, 4) is 0 Å². The van der Waals surface area contributed by atoms with Gasteiger partial charge in [-0.2, -0.15) is 10.2 Å². The first-order valence-corrected chi connectivity index (χ1v) is 6.10. The number of nitrogens with two attached hydrogens (primary N) is 1. The van der Waals surface area contributed by atoms with E-state index in [2.05, 4.69) is 20.3 Å². The fraction of sp³-hybridized carbons (Fsp3) is 0.250.